The standard InChI is InChI=1S/C12H15BrN2O3/c1-6-9(10(13)7(2)18-6)12(17)15-4-3-8(5-15)11(14)16/h8H,3-5H2,1-2H3,(H2,14,16)/t8-/m0/s1. The molecule has 1 aliphatic heterocycles. The minimum absolute atomic E-state index is 0.111. The summed E-state index contributed by atoms with van der Waals surface area (Å²) in [5, 5.41) is 0. The number of carbonyl (C=O) groups excluding carboxylic acids is 2. The lowest BCUT2D eigenvalue weighted by molar-refractivity contribution is -0.121. The topological polar surface area (TPSA) is 76.5 Å². The molecule has 0 radical (unpaired) electrons. The van der Waals surface area contributed by atoms with Gasteiger partial charge in [0, 0.05) is 13.1 Å². The maximum absolute atomic E-state index is 12.4. The van der Waals surface area contributed by atoms with Crippen molar-refractivity contribution in [1.82, 2.24) is 4.90 Å². The van der Waals surface area contributed by atoms with E-state index >= 15 is 0 Å². The van der Waals surface area contributed by atoms with E-state index in [1.54, 1.807) is 18.7 Å². The van der Waals surface area contributed by atoms with Crippen molar-refractivity contribution in [2.45, 2.75) is 20.3 Å². The molecular formula is C12H15BrN2O3. The number of hydrogen-bond donors (Lipinski definition) is 1. The number of rotatable bonds is 2. The van der Waals surface area contributed by atoms with Crippen LogP contribution in [0.1, 0.15) is 28.3 Å². The quantitative estimate of drug-likeness (QED) is 0.901. The molecule has 0 aliphatic carbocycles. The Morgan fingerprint density at radius 2 is 2.06 bits per heavy atom. The molecule has 2 heterocycles. The molecule has 2 rings (SSSR count). The predicted molar refractivity (Wildman–Crippen MR) is 69.1 cm³/mol. The Kier molecular flexibility index (Phi) is 3.47. The molecule has 0 saturated carbocycles. The summed E-state index contributed by atoms with van der Waals surface area (Å²) in [6.45, 7) is 4.50. The van der Waals surface area contributed by atoms with Crippen LogP contribution < -0.4 is 5.73 Å². The Balaban J connectivity index is 2.20. The molecule has 6 heteroatoms. The van der Waals surface area contributed by atoms with Crippen LogP contribution in [-0.4, -0.2) is 29.8 Å². The highest BCUT2D eigenvalue weighted by Gasteiger charge is 2.32. The zero-order chi connectivity index (χ0) is 13.4. The number of amides is 2. The molecule has 1 aromatic rings. The fourth-order valence-electron chi connectivity index (χ4n) is 2.24. The Bertz CT molecular complexity index is 510. The number of halogens is 1. The largest absolute Gasteiger partial charge is 0.465 e. The number of nitrogens with zero attached hydrogens (tertiary/aromatic N) is 1. The molecule has 2 N–H and O–H groups in total. The number of nitrogens with two attached hydrogens (primary N) is 1. The van der Waals surface area contributed by atoms with Gasteiger partial charge in [-0.15, -0.1) is 0 Å². The van der Waals surface area contributed by atoms with Gasteiger partial charge >= 0.3 is 0 Å². The van der Waals surface area contributed by atoms with Gasteiger partial charge in [0.2, 0.25) is 5.91 Å². The smallest absolute Gasteiger partial charge is 0.258 e. The number of hydrogen-bond acceptors (Lipinski definition) is 3. The van der Waals surface area contributed by atoms with Gasteiger partial charge in [0.15, 0.2) is 0 Å². The van der Waals surface area contributed by atoms with Gasteiger partial charge in [-0.05, 0) is 36.2 Å². The van der Waals surface area contributed by atoms with Crippen LogP contribution in [0.3, 0.4) is 0 Å². The normalized spacial score (nSPS) is 19.3. The summed E-state index contributed by atoms with van der Waals surface area (Å²) < 4.78 is 6.10. The van der Waals surface area contributed by atoms with Crippen molar-refractivity contribution in [1.29, 1.82) is 0 Å². The lowest BCUT2D eigenvalue weighted by Gasteiger charge is -2.15. The summed E-state index contributed by atoms with van der Waals surface area (Å²) >= 11 is 3.36. The van der Waals surface area contributed by atoms with Gasteiger partial charge in [-0.2, -0.15) is 0 Å². The van der Waals surface area contributed by atoms with E-state index in [-0.39, 0.29) is 17.7 Å². The monoisotopic (exact) mass is 314 g/mol. The number of likely N-dealkylation sites (tertiary alicyclic amines) is 1. The van der Waals surface area contributed by atoms with Gasteiger partial charge < -0.3 is 15.1 Å². The third-order valence-electron chi connectivity index (χ3n) is 3.28. The number of aryl methyl sites for hydroxylation is 2. The van der Waals surface area contributed by atoms with E-state index in [2.05, 4.69) is 15.9 Å². The zero-order valence-corrected chi connectivity index (χ0v) is 11.9. The van der Waals surface area contributed by atoms with Crippen LogP contribution >= 0.6 is 15.9 Å². The van der Waals surface area contributed by atoms with Gasteiger partial charge in [0.05, 0.1) is 16.0 Å². The molecule has 5 nitrogen and oxygen atoms in total. The number of furan rings is 1. The average Bonchev–Trinajstić information content (AvgIpc) is 2.85. The van der Waals surface area contributed by atoms with E-state index in [0.29, 0.717) is 41.1 Å². The average molecular weight is 315 g/mol. The highest BCUT2D eigenvalue weighted by atomic mass is 79.9. The first-order chi connectivity index (χ1) is 8.41. The second-order valence-electron chi connectivity index (χ2n) is 4.54. The first-order valence-electron chi connectivity index (χ1n) is 5.76. The van der Waals surface area contributed by atoms with Crippen molar-refractivity contribution in [3.8, 4) is 0 Å². The van der Waals surface area contributed by atoms with Crippen molar-refractivity contribution >= 4 is 27.7 Å². The summed E-state index contributed by atoms with van der Waals surface area (Å²) in [4.78, 5) is 25.1. The van der Waals surface area contributed by atoms with Crippen LogP contribution in [-0.2, 0) is 4.79 Å². The lowest BCUT2D eigenvalue weighted by atomic mass is 10.1. The molecule has 2 amide bonds. The summed E-state index contributed by atoms with van der Waals surface area (Å²) in [7, 11) is 0. The van der Waals surface area contributed by atoms with Gasteiger partial charge in [0.25, 0.3) is 5.91 Å². The minimum atomic E-state index is -0.343. The van der Waals surface area contributed by atoms with Crippen molar-refractivity contribution in [2.75, 3.05) is 13.1 Å². The van der Waals surface area contributed by atoms with Crippen molar-refractivity contribution in [2.24, 2.45) is 11.7 Å². The van der Waals surface area contributed by atoms with Gasteiger partial charge in [-0.3, -0.25) is 9.59 Å². The summed E-state index contributed by atoms with van der Waals surface area (Å²) in [6, 6.07) is 0. The Morgan fingerprint density at radius 1 is 1.39 bits per heavy atom. The lowest BCUT2D eigenvalue weighted by Crippen LogP contribution is -2.32. The van der Waals surface area contributed by atoms with E-state index < -0.39 is 0 Å². The van der Waals surface area contributed by atoms with Crippen LogP contribution in [0, 0.1) is 19.8 Å². The Labute approximate surface area is 113 Å². The highest BCUT2D eigenvalue weighted by Crippen LogP contribution is 2.30. The van der Waals surface area contributed by atoms with Crippen LogP contribution in [0.4, 0.5) is 0 Å². The van der Waals surface area contributed by atoms with Crippen LogP contribution in [0.15, 0.2) is 8.89 Å². The molecular weight excluding hydrogens is 300 g/mol. The summed E-state index contributed by atoms with van der Waals surface area (Å²) in [6.07, 6.45) is 0.634. The molecule has 0 unspecified atom stereocenters. The van der Waals surface area contributed by atoms with E-state index in [9.17, 15) is 9.59 Å². The first-order valence-corrected chi connectivity index (χ1v) is 6.55. The Morgan fingerprint density at radius 3 is 2.50 bits per heavy atom. The van der Waals surface area contributed by atoms with Gasteiger partial charge in [0.1, 0.15) is 11.5 Å². The second-order valence-corrected chi connectivity index (χ2v) is 5.34. The van der Waals surface area contributed by atoms with Crippen molar-refractivity contribution in [3.63, 3.8) is 0 Å². The number of primary amides is 1. The third-order valence-corrected chi connectivity index (χ3v) is 4.23. The zero-order valence-electron chi connectivity index (χ0n) is 10.3. The second kappa shape index (κ2) is 4.76. The fraction of sp³-hybridized carbons (Fsp3) is 0.500. The molecule has 98 valence electrons. The molecule has 1 fully saturated rings. The van der Waals surface area contributed by atoms with E-state index in [0.717, 1.165) is 0 Å². The molecule has 1 aromatic heterocycles. The number of carbonyl (C=O) groups is 2. The van der Waals surface area contributed by atoms with E-state index in [1.807, 2.05) is 0 Å². The minimum Gasteiger partial charge on any atom is -0.465 e. The molecule has 18 heavy (non-hydrogen) atoms. The van der Waals surface area contributed by atoms with Gasteiger partial charge in [-0.25, -0.2) is 0 Å². The van der Waals surface area contributed by atoms with Gasteiger partial charge in [-0.1, -0.05) is 0 Å². The summed E-state index contributed by atoms with van der Waals surface area (Å²) in [5.74, 6) is 0.582. The van der Waals surface area contributed by atoms with Crippen LogP contribution in [0.5, 0.6) is 0 Å². The van der Waals surface area contributed by atoms with Crippen LogP contribution in [0.25, 0.3) is 0 Å². The fourth-order valence-corrected chi connectivity index (χ4v) is 2.77. The van der Waals surface area contributed by atoms with Crippen molar-refractivity contribution < 1.29 is 14.0 Å². The SMILES string of the molecule is Cc1oc(C)c(C(=O)N2CC[C@H](C(N)=O)C2)c1Br. The maximum atomic E-state index is 12.4. The maximum Gasteiger partial charge on any atom is 0.258 e. The molecule has 0 spiro atoms. The predicted octanol–water partition coefficient (Wildman–Crippen LogP) is 1.61. The molecule has 0 bridgehead atoms. The molecule has 1 aliphatic rings. The van der Waals surface area contributed by atoms with Crippen LogP contribution in [0.2, 0.25) is 0 Å². The molecule has 0 aromatic carbocycles. The highest BCUT2D eigenvalue weighted by molar-refractivity contribution is 9.10. The van der Waals surface area contributed by atoms with E-state index in [4.69, 9.17) is 10.2 Å². The van der Waals surface area contributed by atoms with E-state index in [1.165, 1.54) is 0 Å². The first kappa shape index (κ1) is 13.1. The molecule has 1 saturated heterocycles. The Hall–Kier alpha value is -1.30. The summed E-state index contributed by atoms with van der Waals surface area (Å²) in [5.41, 5.74) is 5.80. The molecule has 1 atom stereocenters. The third kappa shape index (κ3) is 2.16. The van der Waals surface area contributed by atoms with Crippen molar-refractivity contribution in [3.05, 3.63) is 21.6 Å².